The monoisotopic (exact) mass is 510 g/mol. The summed E-state index contributed by atoms with van der Waals surface area (Å²) in [5.41, 5.74) is 7.87. The smallest absolute Gasteiger partial charge is 0.303 e. The van der Waals surface area contributed by atoms with Gasteiger partial charge in [-0.05, 0) is 61.8 Å². The maximum absolute atomic E-state index is 12.8. The zero-order valence-electron chi connectivity index (χ0n) is 21.2. The van der Waals surface area contributed by atoms with Crippen LogP contribution in [0.4, 0.5) is 11.4 Å². The summed E-state index contributed by atoms with van der Waals surface area (Å²) in [5, 5.41) is 28.9. The van der Waals surface area contributed by atoms with E-state index in [2.05, 4.69) is 66.9 Å². The predicted molar refractivity (Wildman–Crippen MR) is 139 cm³/mol. The summed E-state index contributed by atoms with van der Waals surface area (Å²) in [5.74, 6) is -0.303. The van der Waals surface area contributed by atoms with Crippen LogP contribution in [-0.2, 0) is 9.59 Å². The Morgan fingerprint density at radius 1 is 1.05 bits per heavy atom. The van der Waals surface area contributed by atoms with E-state index in [0.29, 0.717) is 18.9 Å². The van der Waals surface area contributed by atoms with E-state index in [1.165, 1.54) is 0 Å². The Morgan fingerprint density at radius 2 is 1.76 bits per heavy atom. The van der Waals surface area contributed by atoms with Gasteiger partial charge in [0.15, 0.2) is 0 Å². The van der Waals surface area contributed by atoms with Crippen LogP contribution in [0.5, 0.6) is 0 Å². The van der Waals surface area contributed by atoms with Crippen LogP contribution in [0, 0.1) is 29.1 Å². The molecule has 0 bridgehead atoms. The average Bonchev–Trinajstić information content (AvgIpc) is 2.90. The lowest BCUT2D eigenvalue weighted by Gasteiger charge is -2.49. The van der Waals surface area contributed by atoms with Crippen LogP contribution >= 0.6 is 0 Å². The van der Waals surface area contributed by atoms with Gasteiger partial charge in [0.2, 0.25) is 5.91 Å². The van der Waals surface area contributed by atoms with Gasteiger partial charge in [-0.25, -0.2) is 5.43 Å². The van der Waals surface area contributed by atoms with Crippen molar-refractivity contribution in [3.8, 4) is 6.07 Å². The van der Waals surface area contributed by atoms with Gasteiger partial charge in [-0.3, -0.25) is 30.5 Å². The lowest BCUT2D eigenvalue weighted by molar-refractivity contribution is -0.138. The number of rotatable bonds is 7. The normalized spacial score (nSPS) is 29.7. The number of hydrogen-bond donors (Lipinski definition) is 6. The summed E-state index contributed by atoms with van der Waals surface area (Å²) in [6, 6.07) is 10.6. The summed E-state index contributed by atoms with van der Waals surface area (Å²) >= 11 is 0. The molecule has 5 rings (SSSR count). The number of likely N-dealkylation sites (tertiary alicyclic amines) is 1. The molecule has 4 fully saturated rings. The number of benzene rings is 1. The third-order valence-corrected chi connectivity index (χ3v) is 8.36. The number of nitrogens with one attached hydrogen (secondary N) is 5. The van der Waals surface area contributed by atoms with Crippen molar-refractivity contribution in [1.29, 1.82) is 5.26 Å². The molecule has 1 amide bonds. The topological polar surface area (TPSA) is 145 Å². The van der Waals surface area contributed by atoms with Gasteiger partial charge in [0.05, 0.1) is 18.2 Å². The van der Waals surface area contributed by atoms with E-state index in [-0.39, 0.29) is 42.7 Å². The molecule has 0 saturated carbocycles. The highest BCUT2D eigenvalue weighted by Crippen LogP contribution is 2.28. The number of carboxylic acid groups (broad SMARTS) is 1. The van der Waals surface area contributed by atoms with Crippen LogP contribution in [0.25, 0.3) is 0 Å². The molecule has 4 saturated heterocycles. The number of carbonyl (C=O) groups excluding carboxylic acids is 1. The van der Waals surface area contributed by atoms with Gasteiger partial charge < -0.3 is 15.3 Å². The Morgan fingerprint density at radius 3 is 2.43 bits per heavy atom. The number of anilines is 2. The SMILES string of the molecule is N#CCC1CCN(C2NC3CNNC(=O)C3C(Nc3ccc(N4CCC(CC(=O)O)CC4)cc3)N2)CC1. The summed E-state index contributed by atoms with van der Waals surface area (Å²) < 4.78 is 0. The van der Waals surface area contributed by atoms with Gasteiger partial charge in [-0.2, -0.15) is 5.26 Å². The Labute approximate surface area is 217 Å². The fourth-order valence-corrected chi connectivity index (χ4v) is 6.19. The Kier molecular flexibility index (Phi) is 8.10. The average molecular weight is 511 g/mol. The number of hydrazine groups is 1. The highest BCUT2D eigenvalue weighted by molar-refractivity contribution is 5.81. The Balaban J connectivity index is 1.22. The number of aliphatic carboxylic acids is 1. The summed E-state index contributed by atoms with van der Waals surface area (Å²) in [6.45, 7) is 4.21. The minimum Gasteiger partial charge on any atom is -0.481 e. The van der Waals surface area contributed by atoms with Crippen LogP contribution < -0.4 is 31.7 Å². The van der Waals surface area contributed by atoms with Gasteiger partial charge in [-0.15, -0.1) is 0 Å². The van der Waals surface area contributed by atoms with Crippen molar-refractivity contribution in [2.75, 3.05) is 42.9 Å². The fraction of sp³-hybridized carbons (Fsp3) is 0.654. The number of piperidine rings is 2. The maximum Gasteiger partial charge on any atom is 0.303 e. The molecule has 0 spiro atoms. The molecular formula is C26H38N8O3. The van der Waals surface area contributed by atoms with Crippen molar-refractivity contribution in [3.63, 3.8) is 0 Å². The van der Waals surface area contributed by atoms with Gasteiger partial charge in [0, 0.05) is 63.0 Å². The zero-order valence-corrected chi connectivity index (χ0v) is 21.2. The van der Waals surface area contributed by atoms with E-state index in [1.807, 2.05) is 0 Å². The molecule has 1 aromatic rings. The molecule has 6 N–H and O–H groups in total. The summed E-state index contributed by atoms with van der Waals surface area (Å²) in [4.78, 5) is 28.5. The third kappa shape index (κ3) is 6.15. The van der Waals surface area contributed by atoms with Crippen molar-refractivity contribution < 1.29 is 14.7 Å². The molecule has 200 valence electrons. The second-order valence-corrected chi connectivity index (χ2v) is 10.8. The highest BCUT2D eigenvalue weighted by Gasteiger charge is 2.45. The third-order valence-electron chi connectivity index (χ3n) is 8.36. The number of carboxylic acids is 1. The summed E-state index contributed by atoms with van der Waals surface area (Å²) in [7, 11) is 0. The molecule has 4 aliphatic heterocycles. The molecule has 1 aromatic carbocycles. The first-order valence-corrected chi connectivity index (χ1v) is 13.5. The molecule has 4 atom stereocenters. The van der Waals surface area contributed by atoms with Gasteiger partial charge in [0.1, 0.15) is 6.29 Å². The standard InChI is InChI=1S/C26H38N8O3/c27-10-5-17-6-13-34(14-7-17)26-30-21-16-28-32-25(37)23(21)24(31-26)29-19-1-3-20(4-2-19)33-11-8-18(9-12-33)15-22(35)36/h1-4,17-18,21,23-24,26,28-31H,5-9,11-16H2,(H,32,37)(H,35,36). The van der Waals surface area contributed by atoms with E-state index < -0.39 is 5.97 Å². The Bertz CT molecular complexity index is 983. The first-order chi connectivity index (χ1) is 18.0. The fourth-order valence-electron chi connectivity index (χ4n) is 6.19. The quantitative estimate of drug-likeness (QED) is 0.312. The first-order valence-electron chi connectivity index (χ1n) is 13.5. The van der Waals surface area contributed by atoms with E-state index in [4.69, 9.17) is 10.4 Å². The number of carbonyl (C=O) groups is 2. The van der Waals surface area contributed by atoms with Gasteiger partial charge in [-0.1, -0.05) is 0 Å². The first kappa shape index (κ1) is 25.7. The van der Waals surface area contributed by atoms with Crippen LogP contribution in [0.15, 0.2) is 24.3 Å². The van der Waals surface area contributed by atoms with Crippen molar-refractivity contribution in [3.05, 3.63) is 24.3 Å². The number of fused-ring (bicyclic) bond motifs is 1. The summed E-state index contributed by atoms with van der Waals surface area (Å²) in [6.07, 6.45) is 4.38. The maximum atomic E-state index is 12.8. The second-order valence-electron chi connectivity index (χ2n) is 10.8. The molecule has 4 aliphatic rings. The van der Waals surface area contributed by atoms with E-state index in [0.717, 1.165) is 63.2 Å². The largest absolute Gasteiger partial charge is 0.481 e. The molecule has 0 radical (unpaired) electrons. The lowest BCUT2D eigenvalue weighted by Crippen LogP contribution is -2.77. The molecule has 4 heterocycles. The number of amides is 1. The molecule has 11 nitrogen and oxygen atoms in total. The molecule has 11 heteroatoms. The zero-order chi connectivity index (χ0) is 25.8. The minimum absolute atomic E-state index is 0.0132. The lowest BCUT2D eigenvalue weighted by atomic mass is 9.90. The molecule has 37 heavy (non-hydrogen) atoms. The second kappa shape index (κ2) is 11.6. The van der Waals surface area contributed by atoms with Crippen molar-refractivity contribution in [2.45, 2.75) is 57.0 Å². The van der Waals surface area contributed by atoms with Crippen molar-refractivity contribution in [2.24, 2.45) is 17.8 Å². The molecular weight excluding hydrogens is 472 g/mol. The molecule has 4 unspecified atom stereocenters. The Hall–Kier alpha value is -2.91. The van der Waals surface area contributed by atoms with Gasteiger partial charge >= 0.3 is 5.97 Å². The predicted octanol–water partition coefficient (Wildman–Crippen LogP) is 0.837. The van der Waals surface area contributed by atoms with E-state index >= 15 is 0 Å². The van der Waals surface area contributed by atoms with Crippen molar-refractivity contribution in [1.82, 2.24) is 26.4 Å². The minimum atomic E-state index is -0.712. The van der Waals surface area contributed by atoms with Crippen molar-refractivity contribution >= 4 is 23.3 Å². The molecule has 0 aromatic heterocycles. The molecule has 0 aliphatic carbocycles. The number of nitrogens with zero attached hydrogens (tertiary/aromatic N) is 3. The number of hydrogen-bond acceptors (Lipinski definition) is 9. The van der Waals surface area contributed by atoms with E-state index in [1.54, 1.807) is 0 Å². The van der Waals surface area contributed by atoms with Crippen LogP contribution in [0.2, 0.25) is 0 Å². The van der Waals surface area contributed by atoms with Crippen LogP contribution in [0.3, 0.4) is 0 Å². The van der Waals surface area contributed by atoms with Crippen LogP contribution in [-0.4, -0.2) is 73.1 Å². The van der Waals surface area contributed by atoms with Gasteiger partial charge in [0.25, 0.3) is 0 Å². The van der Waals surface area contributed by atoms with E-state index in [9.17, 15) is 9.59 Å². The highest BCUT2D eigenvalue weighted by atomic mass is 16.4. The van der Waals surface area contributed by atoms with Crippen LogP contribution in [0.1, 0.15) is 38.5 Å². The number of nitriles is 1.